The molecule has 2 aliphatic carbocycles. The molecule has 1 aromatic carbocycles. The fraction of sp³-hybridized carbons (Fsp3) is 0.577. The summed E-state index contributed by atoms with van der Waals surface area (Å²) < 4.78 is 6.20. The van der Waals surface area contributed by atoms with Crippen LogP contribution in [0.5, 0.6) is 5.75 Å². The predicted molar refractivity (Wildman–Crippen MR) is 127 cm³/mol. The minimum Gasteiger partial charge on any atom is -0.488 e. The third-order valence-electron chi connectivity index (χ3n) is 7.59. The fourth-order valence-electron chi connectivity index (χ4n) is 5.03. The first-order valence-electron chi connectivity index (χ1n) is 12.2. The van der Waals surface area contributed by atoms with Gasteiger partial charge in [0.1, 0.15) is 23.5 Å². The van der Waals surface area contributed by atoms with Gasteiger partial charge >= 0.3 is 0 Å². The maximum Gasteiger partial charge on any atom is 0.132 e. The van der Waals surface area contributed by atoms with Gasteiger partial charge in [-0.05, 0) is 56.7 Å². The Labute approximate surface area is 190 Å². The van der Waals surface area contributed by atoms with Crippen molar-refractivity contribution in [1.29, 1.82) is 0 Å². The van der Waals surface area contributed by atoms with Gasteiger partial charge in [-0.15, -0.1) is 0 Å². The lowest BCUT2D eigenvalue weighted by atomic mass is 10.0. The van der Waals surface area contributed by atoms with Gasteiger partial charge in [0.25, 0.3) is 0 Å². The Morgan fingerprint density at radius 3 is 2.66 bits per heavy atom. The summed E-state index contributed by atoms with van der Waals surface area (Å²) >= 11 is 0. The lowest BCUT2D eigenvalue weighted by Gasteiger charge is -2.38. The van der Waals surface area contributed by atoms with Crippen LogP contribution in [0, 0.1) is 5.92 Å². The van der Waals surface area contributed by atoms with Gasteiger partial charge in [0.2, 0.25) is 0 Å². The SMILES string of the molecule is CC(CC1CC1)N1CCN(c2cc(C3=NCc4ccc(OC5(C)CC5)cc43)ncn2)CC1. The van der Waals surface area contributed by atoms with Crippen molar-refractivity contribution in [2.75, 3.05) is 31.1 Å². The number of benzene rings is 1. The summed E-state index contributed by atoms with van der Waals surface area (Å²) in [5, 5.41) is 0. The standard InChI is InChI=1S/C26H33N5O/c1-18(13-19-3-4-19)30-9-11-31(12-10-30)24-15-23(28-17-29-24)25-22-14-21(32-26(2)7-8-26)6-5-20(22)16-27-25/h5-6,14-15,17-19H,3-4,7-13,16H2,1-2H3. The molecule has 3 fully saturated rings. The molecular formula is C26H33N5O. The van der Waals surface area contributed by atoms with E-state index in [0.717, 1.165) is 73.5 Å². The minimum atomic E-state index is 0.0184. The highest BCUT2D eigenvalue weighted by atomic mass is 16.5. The van der Waals surface area contributed by atoms with Gasteiger partial charge in [0.15, 0.2) is 0 Å². The molecule has 6 heteroatoms. The molecule has 0 bridgehead atoms. The van der Waals surface area contributed by atoms with Crippen molar-refractivity contribution in [3.63, 3.8) is 0 Å². The zero-order valence-corrected chi connectivity index (χ0v) is 19.3. The molecule has 32 heavy (non-hydrogen) atoms. The Morgan fingerprint density at radius 2 is 1.91 bits per heavy atom. The van der Waals surface area contributed by atoms with E-state index < -0.39 is 0 Å². The molecule has 1 aromatic heterocycles. The second-order valence-electron chi connectivity index (χ2n) is 10.3. The summed E-state index contributed by atoms with van der Waals surface area (Å²) in [7, 11) is 0. The average Bonchev–Trinajstić information content (AvgIpc) is 3.73. The number of rotatable bonds is 7. The molecule has 0 spiro atoms. The Morgan fingerprint density at radius 1 is 1.09 bits per heavy atom. The van der Waals surface area contributed by atoms with E-state index in [-0.39, 0.29) is 5.60 Å². The number of hydrogen-bond donors (Lipinski definition) is 0. The molecule has 1 atom stereocenters. The van der Waals surface area contributed by atoms with Crippen LogP contribution in [0.2, 0.25) is 0 Å². The van der Waals surface area contributed by atoms with E-state index in [1.807, 2.05) is 0 Å². The van der Waals surface area contributed by atoms with Crippen molar-refractivity contribution in [1.82, 2.24) is 14.9 Å². The van der Waals surface area contributed by atoms with Crippen molar-refractivity contribution in [2.45, 2.75) is 64.1 Å². The zero-order chi connectivity index (χ0) is 21.7. The molecule has 2 aliphatic heterocycles. The number of ether oxygens (including phenoxy) is 1. The van der Waals surface area contributed by atoms with Gasteiger partial charge in [-0.2, -0.15) is 0 Å². The Balaban J connectivity index is 1.16. The molecule has 2 saturated carbocycles. The van der Waals surface area contributed by atoms with Crippen LogP contribution in [0.4, 0.5) is 5.82 Å². The summed E-state index contributed by atoms with van der Waals surface area (Å²) in [6.07, 6.45) is 8.20. The quantitative estimate of drug-likeness (QED) is 0.662. The largest absolute Gasteiger partial charge is 0.488 e. The highest BCUT2D eigenvalue weighted by molar-refractivity contribution is 6.14. The van der Waals surface area contributed by atoms with Crippen molar-refractivity contribution >= 4 is 11.5 Å². The van der Waals surface area contributed by atoms with E-state index >= 15 is 0 Å². The summed E-state index contributed by atoms with van der Waals surface area (Å²) in [5.41, 5.74) is 4.28. The number of nitrogens with zero attached hydrogens (tertiary/aromatic N) is 5. The predicted octanol–water partition coefficient (Wildman–Crippen LogP) is 4.07. The van der Waals surface area contributed by atoms with Gasteiger partial charge in [0, 0.05) is 43.9 Å². The normalized spacial score (nSPS) is 22.9. The Hall–Kier alpha value is -2.47. The van der Waals surface area contributed by atoms with Crippen molar-refractivity contribution in [2.24, 2.45) is 10.9 Å². The van der Waals surface area contributed by atoms with Crippen LogP contribution in [-0.2, 0) is 6.54 Å². The van der Waals surface area contributed by atoms with Crippen LogP contribution < -0.4 is 9.64 Å². The lowest BCUT2D eigenvalue weighted by Crippen LogP contribution is -2.50. The smallest absolute Gasteiger partial charge is 0.132 e. The van der Waals surface area contributed by atoms with Gasteiger partial charge in [-0.3, -0.25) is 9.89 Å². The topological polar surface area (TPSA) is 53.9 Å². The van der Waals surface area contributed by atoms with E-state index in [1.54, 1.807) is 6.33 Å². The van der Waals surface area contributed by atoms with Crippen molar-refractivity contribution in [3.8, 4) is 5.75 Å². The van der Waals surface area contributed by atoms with Crippen LogP contribution in [-0.4, -0.2) is 58.4 Å². The number of fused-ring (bicyclic) bond motifs is 1. The van der Waals surface area contributed by atoms with Crippen LogP contribution in [0.15, 0.2) is 35.6 Å². The van der Waals surface area contributed by atoms with Crippen LogP contribution in [0.1, 0.15) is 62.8 Å². The number of anilines is 1. The molecule has 0 N–H and O–H groups in total. The Kier molecular flexibility index (Phi) is 4.94. The van der Waals surface area contributed by atoms with Crippen LogP contribution in [0.25, 0.3) is 0 Å². The zero-order valence-electron chi connectivity index (χ0n) is 19.3. The van der Waals surface area contributed by atoms with Crippen LogP contribution in [0.3, 0.4) is 0 Å². The summed E-state index contributed by atoms with van der Waals surface area (Å²) in [4.78, 5) is 19.1. The van der Waals surface area contributed by atoms with Crippen molar-refractivity contribution in [3.05, 3.63) is 47.4 Å². The molecular weight excluding hydrogens is 398 g/mol. The highest BCUT2D eigenvalue weighted by Crippen LogP contribution is 2.40. The monoisotopic (exact) mass is 431 g/mol. The molecule has 0 radical (unpaired) electrons. The second-order valence-corrected chi connectivity index (χ2v) is 10.3. The third kappa shape index (κ3) is 4.13. The molecule has 1 saturated heterocycles. The van der Waals surface area contributed by atoms with Crippen LogP contribution >= 0.6 is 0 Å². The summed E-state index contributed by atoms with van der Waals surface area (Å²) in [6, 6.07) is 9.19. The first-order chi connectivity index (χ1) is 15.6. The first-order valence-corrected chi connectivity index (χ1v) is 12.2. The molecule has 1 unspecified atom stereocenters. The average molecular weight is 432 g/mol. The lowest BCUT2D eigenvalue weighted by molar-refractivity contribution is 0.183. The molecule has 6 rings (SSSR count). The first kappa shape index (κ1) is 20.2. The number of hydrogen-bond acceptors (Lipinski definition) is 6. The van der Waals surface area contributed by atoms with E-state index in [1.165, 1.54) is 24.8 Å². The van der Waals surface area contributed by atoms with Crippen molar-refractivity contribution < 1.29 is 4.74 Å². The van der Waals surface area contributed by atoms with Gasteiger partial charge < -0.3 is 9.64 Å². The van der Waals surface area contributed by atoms with Gasteiger partial charge in [-0.1, -0.05) is 18.9 Å². The maximum absolute atomic E-state index is 6.20. The van der Waals surface area contributed by atoms with E-state index in [4.69, 9.17) is 9.73 Å². The minimum absolute atomic E-state index is 0.0184. The fourth-order valence-corrected chi connectivity index (χ4v) is 5.03. The number of piperazine rings is 1. The van der Waals surface area contributed by atoms with E-state index in [9.17, 15) is 0 Å². The van der Waals surface area contributed by atoms with Gasteiger partial charge in [-0.25, -0.2) is 9.97 Å². The number of aliphatic imine (C=N–C) groups is 1. The number of aromatic nitrogens is 2. The van der Waals surface area contributed by atoms with E-state index in [0.29, 0.717) is 12.6 Å². The third-order valence-corrected chi connectivity index (χ3v) is 7.59. The molecule has 3 heterocycles. The second kappa shape index (κ2) is 7.84. The molecule has 4 aliphatic rings. The summed E-state index contributed by atoms with van der Waals surface area (Å²) in [5.74, 6) is 2.93. The van der Waals surface area contributed by atoms with Gasteiger partial charge in [0.05, 0.1) is 18.0 Å². The van der Waals surface area contributed by atoms with E-state index in [2.05, 4.69) is 57.9 Å². The summed E-state index contributed by atoms with van der Waals surface area (Å²) in [6.45, 7) is 9.54. The Bertz CT molecular complexity index is 1030. The highest BCUT2D eigenvalue weighted by Gasteiger charge is 2.40. The maximum atomic E-state index is 6.20. The molecule has 168 valence electrons. The molecule has 2 aromatic rings. The molecule has 0 amide bonds. The molecule has 6 nitrogen and oxygen atoms in total.